The van der Waals surface area contributed by atoms with Gasteiger partial charge in [-0.25, -0.2) is 0 Å². The van der Waals surface area contributed by atoms with Gasteiger partial charge in [0.2, 0.25) is 0 Å². The van der Waals surface area contributed by atoms with Crippen LogP contribution in [0.3, 0.4) is 0 Å². The molecule has 4 heteroatoms. The lowest BCUT2D eigenvalue weighted by molar-refractivity contribution is -0.119. The van der Waals surface area contributed by atoms with Gasteiger partial charge in [0, 0.05) is 11.8 Å². The van der Waals surface area contributed by atoms with Gasteiger partial charge < -0.3 is 15.3 Å². The van der Waals surface area contributed by atoms with E-state index in [-0.39, 0.29) is 17.1 Å². The van der Waals surface area contributed by atoms with Crippen LogP contribution < -0.4 is 0 Å². The van der Waals surface area contributed by atoms with E-state index in [0.717, 1.165) is 32.1 Å². The summed E-state index contributed by atoms with van der Waals surface area (Å²) in [6.07, 6.45) is 10.4. The number of aliphatic hydroxyl groups excluding tert-OH is 3. The Bertz CT molecular complexity index is 761. The average molecular weight is 401 g/mol. The van der Waals surface area contributed by atoms with E-state index in [4.69, 9.17) is 0 Å². The Kier molecular flexibility index (Phi) is 5.65. The Morgan fingerprint density at radius 3 is 2.76 bits per heavy atom. The van der Waals surface area contributed by atoms with Crippen molar-refractivity contribution < 1.29 is 20.1 Å². The lowest BCUT2D eigenvalue weighted by Gasteiger charge is -2.46. The molecule has 4 aliphatic rings. The van der Waals surface area contributed by atoms with Crippen LogP contribution >= 0.6 is 0 Å². The van der Waals surface area contributed by atoms with Crippen molar-refractivity contribution in [1.29, 1.82) is 0 Å². The molecule has 0 aromatic heterocycles. The minimum atomic E-state index is -0.827. The van der Waals surface area contributed by atoms with E-state index in [1.54, 1.807) is 6.92 Å². The zero-order chi connectivity index (χ0) is 20.9. The molecule has 8 atom stereocenters. The van der Waals surface area contributed by atoms with E-state index >= 15 is 0 Å². The van der Waals surface area contributed by atoms with Crippen LogP contribution in [0.2, 0.25) is 0 Å². The third-order valence-electron chi connectivity index (χ3n) is 8.44. The van der Waals surface area contributed by atoms with Crippen LogP contribution in [0.15, 0.2) is 34.9 Å². The predicted molar refractivity (Wildman–Crippen MR) is 113 cm³/mol. The molecule has 0 aromatic rings. The van der Waals surface area contributed by atoms with Crippen LogP contribution in [0.5, 0.6) is 0 Å². The molecule has 0 unspecified atom stereocenters. The maximum absolute atomic E-state index is 13.0. The number of carbonyl (C=O) groups excluding carboxylic acids is 1. The molecule has 4 nitrogen and oxygen atoms in total. The summed E-state index contributed by atoms with van der Waals surface area (Å²) in [6, 6.07) is 0. The fraction of sp³-hybridized carbons (Fsp3) is 0.720. The Labute approximate surface area is 174 Å². The quantitative estimate of drug-likeness (QED) is 0.631. The van der Waals surface area contributed by atoms with Crippen molar-refractivity contribution in [2.24, 2.45) is 29.1 Å². The lowest BCUT2D eigenvalue weighted by Crippen LogP contribution is -2.37. The summed E-state index contributed by atoms with van der Waals surface area (Å²) in [4.78, 5) is 13.0. The Hall–Kier alpha value is -1.23. The van der Waals surface area contributed by atoms with Gasteiger partial charge in [0.1, 0.15) is 0 Å². The highest BCUT2D eigenvalue weighted by Gasteiger charge is 2.53. The van der Waals surface area contributed by atoms with Crippen LogP contribution in [0, 0.1) is 29.1 Å². The van der Waals surface area contributed by atoms with Gasteiger partial charge in [0.25, 0.3) is 0 Å². The summed E-state index contributed by atoms with van der Waals surface area (Å²) in [5.74, 6) is 1.27. The van der Waals surface area contributed by atoms with Crippen LogP contribution in [0.1, 0.15) is 65.7 Å². The average Bonchev–Trinajstić information content (AvgIpc) is 2.80. The fourth-order valence-electron chi connectivity index (χ4n) is 6.82. The zero-order valence-corrected chi connectivity index (χ0v) is 18.0. The van der Waals surface area contributed by atoms with E-state index in [9.17, 15) is 20.1 Å². The second-order valence-corrected chi connectivity index (χ2v) is 10.3. The molecule has 0 amide bonds. The van der Waals surface area contributed by atoms with Gasteiger partial charge in [0.15, 0.2) is 5.78 Å². The summed E-state index contributed by atoms with van der Waals surface area (Å²) in [7, 11) is 0. The van der Waals surface area contributed by atoms with Gasteiger partial charge in [-0.05, 0) is 82.1 Å². The van der Waals surface area contributed by atoms with Gasteiger partial charge in [-0.15, -0.1) is 0 Å². The molecule has 0 radical (unpaired) electrons. The SMILES string of the molecule is C/C(=C\[C@@H](O)[C@@H](C)O)[C@H]1CC[C@H]2C3=CC(=O)[C@H]4CC(=CC[C@H](O)C4)[C@H]3CC[C@]12C. The minimum Gasteiger partial charge on any atom is -0.393 e. The molecule has 160 valence electrons. The number of aliphatic hydroxyl groups is 3. The first-order valence-electron chi connectivity index (χ1n) is 11.4. The highest BCUT2D eigenvalue weighted by Crippen LogP contribution is 2.62. The standard InChI is InChI=1S/C25H36O4/c1-14(10-23(28)15(2)26)21-6-7-22-20-13-24(29)17-11-16(4-5-18(27)12-17)19(20)8-9-25(21,22)3/h4,10,13,15,17-19,21-23,26-28H,5-9,11-12H2,1-3H3/b14-10+/t15-,17+,18+,19-,21-,22+,23-,25-/m1/s1. The molecule has 0 saturated heterocycles. The Morgan fingerprint density at radius 2 is 2.03 bits per heavy atom. The lowest BCUT2D eigenvalue weighted by atomic mass is 9.58. The summed E-state index contributed by atoms with van der Waals surface area (Å²) < 4.78 is 0. The number of fused-ring (bicyclic) bond motifs is 6. The van der Waals surface area contributed by atoms with E-state index in [0.29, 0.717) is 30.6 Å². The summed E-state index contributed by atoms with van der Waals surface area (Å²) in [5.41, 5.74) is 3.97. The smallest absolute Gasteiger partial charge is 0.159 e. The highest BCUT2D eigenvalue weighted by molar-refractivity contribution is 5.93. The van der Waals surface area contributed by atoms with Crippen molar-refractivity contribution in [3.63, 3.8) is 0 Å². The van der Waals surface area contributed by atoms with Crippen molar-refractivity contribution in [2.75, 3.05) is 0 Å². The number of hydrogen-bond donors (Lipinski definition) is 3. The maximum Gasteiger partial charge on any atom is 0.159 e. The first kappa shape index (κ1) is 21.0. The molecule has 0 spiro atoms. The maximum atomic E-state index is 13.0. The summed E-state index contributed by atoms with van der Waals surface area (Å²) in [5, 5.41) is 30.0. The van der Waals surface area contributed by atoms with Gasteiger partial charge in [-0.1, -0.05) is 35.8 Å². The number of allylic oxidation sites excluding steroid dienone is 4. The van der Waals surface area contributed by atoms with E-state index in [2.05, 4.69) is 19.9 Å². The molecule has 3 N–H and O–H groups in total. The number of hydrogen-bond acceptors (Lipinski definition) is 4. The van der Waals surface area contributed by atoms with E-state index in [1.165, 1.54) is 16.7 Å². The second kappa shape index (κ2) is 7.79. The number of carbonyl (C=O) groups is 1. The van der Waals surface area contributed by atoms with Crippen molar-refractivity contribution in [2.45, 2.75) is 84.0 Å². The molecular formula is C25H36O4. The van der Waals surface area contributed by atoms with Crippen molar-refractivity contribution >= 4 is 5.78 Å². The molecule has 4 rings (SSSR count). The Morgan fingerprint density at radius 1 is 1.28 bits per heavy atom. The molecule has 2 bridgehead atoms. The molecule has 29 heavy (non-hydrogen) atoms. The molecule has 0 aliphatic heterocycles. The first-order valence-corrected chi connectivity index (χ1v) is 11.4. The third kappa shape index (κ3) is 3.68. The fourth-order valence-corrected chi connectivity index (χ4v) is 6.82. The van der Waals surface area contributed by atoms with Crippen LogP contribution in [0.4, 0.5) is 0 Å². The van der Waals surface area contributed by atoms with Gasteiger partial charge >= 0.3 is 0 Å². The summed E-state index contributed by atoms with van der Waals surface area (Å²) >= 11 is 0. The highest BCUT2D eigenvalue weighted by atomic mass is 16.3. The monoisotopic (exact) mass is 400 g/mol. The van der Waals surface area contributed by atoms with E-state index in [1.807, 2.05) is 12.2 Å². The first-order chi connectivity index (χ1) is 13.7. The van der Waals surface area contributed by atoms with Gasteiger partial charge in [-0.2, -0.15) is 0 Å². The topological polar surface area (TPSA) is 77.8 Å². The third-order valence-corrected chi connectivity index (χ3v) is 8.44. The zero-order valence-electron chi connectivity index (χ0n) is 18.0. The van der Waals surface area contributed by atoms with Gasteiger partial charge in [0.05, 0.1) is 18.3 Å². The molecule has 2 saturated carbocycles. The van der Waals surface area contributed by atoms with Crippen molar-refractivity contribution in [1.82, 2.24) is 0 Å². The molecule has 0 heterocycles. The van der Waals surface area contributed by atoms with Crippen molar-refractivity contribution in [3.05, 3.63) is 34.9 Å². The van der Waals surface area contributed by atoms with Crippen LogP contribution in [-0.4, -0.2) is 39.4 Å². The minimum absolute atomic E-state index is 0.0665. The molecule has 0 aromatic carbocycles. The number of rotatable bonds is 3. The van der Waals surface area contributed by atoms with Crippen LogP contribution in [-0.2, 0) is 4.79 Å². The molecule has 2 fully saturated rings. The largest absolute Gasteiger partial charge is 0.393 e. The van der Waals surface area contributed by atoms with Gasteiger partial charge in [-0.3, -0.25) is 4.79 Å². The molecule has 4 aliphatic carbocycles. The second-order valence-electron chi connectivity index (χ2n) is 10.3. The van der Waals surface area contributed by atoms with Crippen LogP contribution in [0.25, 0.3) is 0 Å². The predicted octanol–water partition coefficient (Wildman–Crippen LogP) is 3.71. The molecular weight excluding hydrogens is 364 g/mol. The number of ketones is 1. The van der Waals surface area contributed by atoms with Crippen molar-refractivity contribution in [3.8, 4) is 0 Å². The van der Waals surface area contributed by atoms with E-state index < -0.39 is 18.3 Å². The Balaban J connectivity index is 1.66. The normalized spacial score (nSPS) is 42.1. The summed E-state index contributed by atoms with van der Waals surface area (Å²) in [6.45, 7) is 6.07.